The molecule has 1 N–H and O–H groups in total. The first-order valence-electron chi connectivity index (χ1n) is 13.9. The van der Waals surface area contributed by atoms with Gasteiger partial charge in [-0.25, -0.2) is 4.31 Å². The zero-order chi connectivity index (χ0) is 30.0. The van der Waals surface area contributed by atoms with Crippen molar-refractivity contribution in [1.29, 1.82) is 0 Å². The average Bonchev–Trinajstić information content (AvgIpc) is 3.79. The maximum Gasteiger partial charge on any atom is 0.304 e. The lowest BCUT2D eigenvalue weighted by Gasteiger charge is -2.52. The van der Waals surface area contributed by atoms with E-state index in [-0.39, 0.29) is 43.7 Å². The molecule has 1 amide bonds. The van der Waals surface area contributed by atoms with E-state index >= 15 is 0 Å². The van der Waals surface area contributed by atoms with Crippen LogP contribution in [-0.2, 0) is 27.4 Å². The third-order valence-electron chi connectivity index (χ3n) is 8.32. The number of carbonyl (C=O) groups excluding carboxylic acids is 1. The molecular weight excluding hydrogens is 597 g/mol. The summed E-state index contributed by atoms with van der Waals surface area (Å²) in [6.07, 6.45) is 3.21. The predicted octanol–water partition coefficient (Wildman–Crippen LogP) is 6.00. The molecule has 42 heavy (non-hydrogen) atoms. The van der Waals surface area contributed by atoms with Crippen LogP contribution in [0.3, 0.4) is 0 Å². The molecule has 2 aliphatic rings. The minimum atomic E-state index is -2.59. The van der Waals surface area contributed by atoms with Crippen LogP contribution in [0.2, 0.25) is 10.0 Å². The minimum absolute atomic E-state index is 0.0535. The molecule has 1 aromatic heterocycles. The number of aromatic nitrogens is 1. The van der Waals surface area contributed by atoms with E-state index < -0.39 is 34.7 Å². The van der Waals surface area contributed by atoms with Crippen molar-refractivity contribution in [3.8, 4) is 0 Å². The van der Waals surface area contributed by atoms with Gasteiger partial charge in [0.15, 0.2) is 0 Å². The van der Waals surface area contributed by atoms with Gasteiger partial charge in [0, 0.05) is 46.0 Å². The Hall–Kier alpha value is -2.82. The number of piperidine rings is 1. The van der Waals surface area contributed by atoms with Gasteiger partial charge in [0.2, 0.25) is 5.91 Å². The van der Waals surface area contributed by atoms with Gasteiger partial charge in [-0.2, -0.15) is 0 Å². The zero-order valence-electron chi connectivity index (χ0n) is 23.1. The standard InChI is InChI=1S/C31H33Cl2N3O5S/c1-31(17-28(37)38)16-26(22-5-4-6-24(33)15-22)29(21-10-12-23(32)13-11-21)36(30(31)39)27(20-8-9-20)19-35(42(40)41)18-25-7-2-3-14-34-25/h2-7,10-15,20,26-27,29H,8-9,16-19H2,1H3,(H,37,38)(H,40,41)/p-1. The van der Waals surface area contributed by atoms with E-state index in [1.807, 2.05) is 30.3 Å². The molecule has 2 aromatic carbocycles. The van der Waals surface area contributed by atoms with Crippen LogP contribution in [0.25, 0.3) is 0 Å². The van der Waals surface area contributed by atoms with Crippen molar-refractivity contribution in [2.24, 2.45) is 11.3 Å². The number of carbonyl (C=O) groups is 2. The van der Waals surface area contributed by atoms with E-state index in [9.17, 15) is 23.5 Å². The molecule has 222 valence electrons. The molecular formula is C31H32Cl2N3O5S-. The molecule has 5 rings (SSSR count). The van der Waals surface area contributed by atoms with Crippen molar-refractivity contribution in [3.05, 3.63) is 99.8 Å². The van der Waals surface area contributed by atoms with Gasteiger partial charge in [-0.3, -0.25) is 18.8 Å². The SMILES string of the molecule is CC1(CC(=O)O)CC(c2cccc(Cl)c2)C(c2ccc(Cl)cc2)N(C(CN(Cc2ccccn2)S(=O)[O-])C2CC2)C1=O. The van der Waals surface area contributed by atoms with Crippen molar-refractivity contribution in [1.82, 2.24) is 14.2 Å². The molecule has 2 fully saturated rings. The monoisotopic (exact) mass is 628 g/mol. The van der Waals surface area contributed by atoms with Gasteiger partial charge in [0.05, 0.1) is 30.1 Å². The maximum absolute atomic E-state index is 14.6. The van der Waals surface area contributed by atoms with Crippen molar-refractivity contribution in [3.63, 3.8) is 0 Å². The lowest BCUT2D eigenvalue weighted by molar-refractivity contribution is -0.161. The Balaban J connectivity index is 1.64. The number of rotatable bonds is 11. The van der Waals surface area contributed by atoms with Crippen LogP contribution < -0.4 is 0 Å². The minimum Gasteiger partial charge on any atom is -0.760 e. The summed E-state index contributed by atoms with van der Waals surface area (Å²) in [7, 11) is 0. The molecule has 0 radical (unpaired) electrons. The fourth-order valence-electron chi connectivity index (χ4n) is 6.25. The number of pyridine rings is 1. The number of carboxylic acids is 1. The van der Waals surface area contributed by atoms with Gasteiger partial charge in [0.1, 0.15) is 0 Å². The first-order chi connectivity index (χ1) is 20.1. The highest BCUT2D eigenvalue weighted by Gasteiger charge is 2.54. The summed E-state index contributed by atoms with van der Waals surface area (Å²) in [5.74, 6) is -1.61. The number of carboxylic acid groups (broad SMARTS) is 1. The van der Waals surface area contributed by atoms with Crippen molar-refractivity contribution in [2.75, 3.05) is 6.54 Å². The smallest absolute Gasteiger partial charge is 0.304 e. The largest absolute Gasteiger partial charge is 0.760 e. The summed E-state index contributed by atoms with van der Waals surface area (Å²) in [4.78, 5) is 32.8. The van der Waals surface area contributed by atoms with Crippen LogP contribution in [0, 0.1) is 11.3 Å². The van der Waals surface area contributed by atoms with E-state index in [0.717, 1.165) is 24.0 Å². The number of halogens is 2. The predicted molar refractivity (Wildman–Crippen MR) is 160 cm³/mol. The number of benzene rings is 2. The summed E-state index contributed by atoms with van der Waals surface area (Å²) in [5.41, 5.74) is 1.07. The maximum atomic E-state index is 14.6. The molecule has 0 bridgehead atoms. The summed E-state index contributed by atoms with van der Waals surface area (Å²) in [6.45, 7) is 1.81. The topological polar surface area (TPSA) is 114 Å². The lowest BCUT2D eigenvalue weighted by Crippen LogP contribution is -2.59. The summed E-state index contributed by atoms with van der Waals surface area (Å²) < 4.78 is 26.3. The first-order valence-corrected chi connectivity index (χ1v) is 15.6. The fourth-order valence-corrected chi connectivity index (χ4v) is 7.09. The first kappa shape index (κ1) is 30.6. The van der Waals surface area contributed by atoms with Gasteiger partial charge in [-0.1, -0.05) is 60.5 Å². The van der Waals surface area contributed by atoms with Crippen LogP contribution in [-0.4, -0.2) is 52.5 Å². The third kappa shape index (κ3) is 6.87. The van der Waals surface area contributed by atoms with E-state index in [1.54, 1.807) is 54.4 Å². The summed E-state index contributed by atoms with van der Waals surface area (Å²) in [6, 6.07) is 19.0. The molecule has 5 unspecified atom stereocenters. The molecule has 3 aromatic rings. The lowest BCUT2D eigenvalue weighted by atomic mass is 9.67. The fraction of sp³-hybridized carbons (Fsp3) is 0.387. The number of hydrogen-bond acceptors (Lipinski definition) is 5. The highest BCUT2D eigenvalue weighted by atomic mass is 35.5. The summed E-state index contributed by atoms with van der Waals surface area (Å²) >= 11 is 10.1. The van der Waals surface area contributed by atoms with E-state index in [2.05, 4.69) is 4.98 Å². The number of hydrogen-bond donors (Lipinski definition) is 1. The van der Waals surface area contributed by atoms with Crippen LogP contribution in [0.1, 0.15) is 61.4 Å². The van der Waals surface area contributed by atoms with Gasteiger partial charge >= 0.3 is 5.97 Å². The van der Waals surface area contributed by atoms with E-state index in [1.165, 1.54) is 4.31 Å². The normalized spacial score (nSPS) is 24.0. The van der Waals surface area contributed by atoms with E-state index in [0.29, 0.717) is 15.7 Å². The van der Waals surface area contributed by atoms with E-state index in [4.69, 9.17) is 23.2 Å². The Morgan fingerprint density at radius 2 is 1.86 bits per heavy atom. The molecule has 11 heteroatoms. The van der Waals surface area contributed by atoms with Gasteiger partial charge in [-0.05, 0) is 72.7 Å². The van der Waals surface area contributed by atoms with Crippen molar-refractivity contribution < 1.29 is 23.5 Å². The molecule has 2 heterocycles. The van der Waals surface area contributed by atoms with Crippen LogP contribution >= 0.6 is 23.2 Å². The number of amides is 1. The Labute approximate surface area is 258 Å². The second-order valence-electron chi connectivity index (χ2n) is 11.5. The number of aliphatic carboxylic acids is 1. The Bertz CT molecular complexity index is 1460. The quantitative estimate of drug-likeness (QED) is 0.260. The van der Waals surface area contributed by atoms with Crippen LogP contribution in [0.5, 0.6) is 0 Å². The molecule has 5 atom stereocenters. The van der Waals surface area contributed by atoms with Crippen molar-refractivity contribution in [2.45, 2.75) is 57.2 Å². The Morgan fingerprint density at radius 1 is 1.12 bits per heavy atom. The van der Waals surface area contributed by atoms with Gasteiger partial charge in [-0.15, -0.1) is 0 Å². The number of likely N-dealkylation sites (tertiary alicyclic amines) is 1. The Kier molecular flexibility index (Phi) is 9.34. The van der Waals surface area contributed by atoms with Crippen molar-refractivity contribution >= 4 is 46.3 Å². The number of nitrogens with zero attached hydrogens (tertiary/aromatic N) is 3. The zero-order valence-corrected chi connectivity index (χ0v) is 25.4. The molecule has 0 spiro atoms. The van der Waals surface area contributed by atoms with Gasteiger partial charge < -0.3 is 14.6 Å². The highest BCUT2D eigenvalue weighted by molar-refractivity contribution is 7.76. The molecule has 8 nitrogen and oxygen atoms in total. The Morgan fingerprint density at radius 3 is 2.45 bits per heavy atom. The average molecular weight is 630 g/mol. The third-order valence-corrected chi connectivity index (χ3v) is 9.51. The molecule has 1 saturated heterocycles. The highest BCUT2D eigenvalue weighted by Crippen LogP contribution is 2.54. The van der Waals surface area contributed by atoms with Crippen LogP contribution in [0.4, 0.5) is 0 Å². The van der Waals surface area contributed by atoms with Gasteiger partial charge in [0.25, 0.3) is 0 Å². The molecule has 1 saturated carbocycles. The second kappa shape index (κ2) is 12.8. The summed E-state index contributed by atoms with van der Waals surface area (Å²) in [5, 5.41) is 11.0. The molecule has 1 aliphatic carbocycles. The van der Waals surface area contributed by atoms with Crippen LogP contribution in [0.15, 0.2) is 72.9 Å². The second-order valence-corrected chi connectivity index (χ2v) is 13.3. The molecule has 1 aliphatic heterocycles.